The SMILES string of the molecule is CCc1ccc(-c2ccccc2NC(=O)c2csc(C3CCN(C(=O)CCC(=O)OC)CC3)n2)cc1. The van der Waals surface area contributed by atoms with Crippen LogP contribution in [0.5, 0.6) is 0 Å². The molecule has 8 heteroatoms. The number of hydrogen-bond donors (Lipinski definition) is 1. The first-order valence-corrected chi connectivity index (χ1v) is 13.2. The van der Waals surface area contributed by atoms with Gasteiger partial charge in [-0.05, 0) is 36.5 Å². The second-order valence-electron chi connectivity index (χ2n) is 8.85. The summed E-state index contributed by atoms with van der Waals surface area (Å²) < 4.78 is 4.61. The molecule has 0 saturated carbocycles. The Bertz CT molecular complexity index is 1210. The number of ether oxygens (including phenoxy) is 1. The normalized spacial score (nSPS) is 13.9. The maximum absolute atomic E-state index is 13.0. The Kier molecular flexibility index (Phi) is 8.48. The van der Waals surface area contributed by atoms with E-state index in [-0.39, 0.29) is 36.5 Å². The lowest BCUT2D eigenvalue weighted by molar-refractivity contribution is -0.143. The number of aromatic nitrogens is 1. The molecule has 3 aromatic rings. The van der Waals surface area contributed by atoms with Gasteiger partial charge in [0.15, 0.2) is 0 Å². The van der Waals surface area contributed by atoms with Gasteiger partial charge in [0.25, 0.3) is 5.91 Å². The minimum atomic E-state index is -0.371. The van der Waals surface area contributed by atoms with E-state index in [0.29, 0.717) is 18.8 Å². The molecule has 0 atom stereocenters. The van der Waals surface area contributed by atoms with Crippen molar-refractivity contribution >= 4 is 34.8 Å². The number of amides is 2. The van der Waals surface area contributed by atoms with Crippen LogP contribution in [0.4, 0.5) is 5.69 Å². The molecule has 1 aromatic heterocycles. The number of methoxy groups -OCH3 is 1. The van der Waals surface area contributed by atoms with Gasteiger partial charge in [0.2, 0.25) is 5.91 Å². The molecule has 0 bridgehead atoms. The highest BCUT2D eigenvalue weighted by Crippen LogP contribution is 2.32. The number of hydrogen-bond acceptors (Lipinski definition) is 6. The molecule has 2 heterocycles. The topological polar surface area (TPSA) is 88.6 Å². The van der Waals surface area contributed by atoms with Gasteiger partial charge in [-0.2, -0.15) is 0 Å². The van der Waals surface area contributed by atoms with Gasteiger partial charge in [0.1, 0.15) is 5.69 Å². The first kappa shape index (κ1) is 25.6. The van der Waals surface area contributed by atoms with Gasteiger partial charge in [0, 0.05) is 42.1 Å². The van der Waals surface area contributed by atoms with Crippen LogP contribution in [0.15, 0.2) is 53.9 Å². The van der Waals surface area contributed by atoms with Crippen LogP contribution >= 0.6 is 11.3 Å². The van der Waals surface area contributed by atoms with E-state index in [4.69, 9.17) is 0 Å². The molecule has 0 aliphatic carbocycles. The highest BCUT2D eigenvalue weighted by atomic mass is 32.1. The molecule has 0 radical (unpaired) electrons. The van der Waals surface area contributed by atoms with E-state index in [9.17, 15) is 14.4 Å². The fourth-order valence-corrected chi connectivity index (χ4v) is 5.35. The Balaban J connectivity index is 1.36. The molecule has 36 heavy (non-hydrogen) atoms. The largest absolute Gasteiger partial charge is 0.469 e. The first-order valence-electron chi connectivity index (χ1n) is 12.3. The Morgan fingerprint density at radius 1 is 1.06 bits per heavy atom. The molecule has 0 unspecified atom stereocenters. The quantitative estimate of drug-likeness (QED) is 0.421. The minimum absolute atomic E-state index is 0.0268. The van der Waals surface area contributed by atoms with E-state index in [0.717, 1.165) is 41.1 Å². The van der Waals surface area contributed by atoms with Crippen molar-refractivity contribution in [2.45, 2.75) is 44.9 Å². The van der Waals surface area contributed by atoms with Gasteiger partial charge in [-0.3, -0.25) is 14.4 Å². The van der Waals surface area contributed by atoms with Crippen LogP contribution in [0.3, 0.4) is 0 Å². The summed E-state index contributed by atoms with van der Waals surface area (Å²) in [6, 6.07) is 16.2. The van der Waals surface area contributed by atoms with Crippen LogP contribution in [0, 0.1) is 0 Å². The van der Waals surface area contributed by atoms with Crippen LogP contribution in [0.1, 0.15) is 59.6 Å². The number of nitrogens with one attached hydrogen (secondary N) is 1. The number of esters is 1. The van der Waals surface area contributed by atoms with E-state index in [1.165, 1.54) is 24.0 Å². The monoisotopic (exact) mass is 505 g/mol. The second kappa shape index (κ2) is 11.9. The molecule has 0 spiro atoms. The van der Waals surface area contributed by atoms with Crippen LogP contribution in [-0.2, 0) is 20.7 Å². The Hall–Kier alpha value is -3.52. The maximum Gasteiger partial charge on any atom is 0.306 e. The number of thiazole rings is 1. The summed E-state index contributed by atoms with van der Waals surface area (Å²) in [5.41, 5.74) is 4.44. The molecule has 4 rings (SSSR count). The molecule has 1 fully saturated rings. The molecular formula is C28H31N3O4S. The molecule has 1 saturated heterocycles. The molecule has 1 aliphatic heterocycles. The summed E-state index contributed by atoms with van der Waals surface area (Å²) in [4.78, 5) is 43.1. The van der Waals surface area contributed by atoms with Crippen molar-refractivity contribution < 1.29 is 19.1 Å². The summed E-state index contributed by atoms with van der Waals surface area (Å²) >= 11 is 1.49. The third-order valence-corrected chi connectivity index (χ3v) is 7.58. The van der Waals surface area contributed by atoms with Crippen LogP contribution in [0.25, 0.3) is 11.1 Å². The third-order valence-electron chi connectivity index (χ3n) is 6.57. The minimum Gasteiger partial charge on any atom is -0.469 e. The number of aryl methyl sites for hydroxylation is 1. The van der Waals surface area contributed by atoms with Crippen molar-refractivity contribution in [3.63, 3.8) is 0 Å². The average Bonchev–Trinajstić information content (AvgIpc) is 3.42. The summed E-state index contributed by atoms with van der Waals surface area (Å²) in [6.45, 7) is 3.37. The van der Waals surface area contributed by atoms with E-state index in [1.54, 1.807) is 10.3 Å². The van der Waals surface area contributed by atoms with Crippen LogP contribution < -0.4 is 5.32 Å². The first-order chi connectivity index (χ1) is 17.5. The van der Waals surface area contributed by atoms with Gasteiger partial charge in [0.05, 0.1) is 18.5 Å². The Labute approximate surface area is 215 Å². The molecular weight excluding hydrogens is 474 g/mol. The Morgan fingerprint density at radius 2 is 1.78 bits per heavy atom. The van der Waals surface area contributed by atoms with E-state index in [2.05, 4.69) is 46.2 Å². The third kappa shape index (κ3) is 6.18. The molecule has 1 aliphatic rings. The highest BCUT2D eigenvalue weighted by Gasteiger charge is 2.26. The lowest BCUT2D eigenvalue weighted by Crippen LogP contribution is -2.38. The number of likely N-dealkylation sites (tertiary alicyclic amines) is 1. The zero-order chi connectivity index (χ0) is 25.5. The predicted octanol–water partition coefficient (Wildman–Crippen LogP) is 5.28. The van der Waals surface area contributed by atoms with Gasteiger partial charge >= 0.3 is 5.97 Å². The lowest BCUT2D eigenvalue weighted by atomic mass is 9.97. The number of benzene rings is 2. The van der Waals surface area contributed by atoms with Gasteiger partial charge in [-0.25, -0.2) is 4.98 Å². The molecule has 188 valence electrons. The van der Waals surface area contributed by atoms with Gasteiger partial charge in [-0.1, -0.05) is 49.4 Å². The van der Waals surface area contributed by atoms with Crippen molar-refractivity contribution in [2.24, 2.45) is 0 Å². The number of para-hydroxylation sites is 1. The van der Waals surface area contributed by atoms with Crippen molar-refractivity contribution in [2.75, 3.05) is 25.5 Å². The van der Waals surface area contributed by atoms with E-state index < -0.39 is 0 Å². The number of rotatable bonds is 8. The zero-order valence-corrected chi connectivity index (χ0v) is 21.5. The van der Waals surface area contributed by atoms with Crippen molar-refractivity contribution in [1.82, 2.24) is 9.88 Å². The number of carbonyl (C=O) groups excluding carboxylic acids is 3. The summed E-state index contributed by atoms with van der Waals surface area (Å²) in [6.07, 6.45) is 2.83. The molecule has 2 aromatic carbocycles. The standard InChI is InChI=1S/C28H31N3O4S/c1-3-19-8-10-20(11-9-19)22-6-4-5-7-23(22)29-27(34)24-18-36-28(30-24)21-14-16-31(17-15-21)25(32)12-13-26(33)35-2/h4-11,18,21H,3,12-17H2,1-2H3,(H,29,34). The fraction of sp³-hybridized carbons (Fsp3) is 0.357. The zero-order valence-electron chi connectivity index (χ0n) is 20.7. The number of carbonyl (C=O) groups is 3. The van der Waals surface area contributed by atoms with Crippen molar-refractivity contribution in [3.05, 3.63) is 70.2 Å². The lowest BCUT2D eigenvalue weighted by Gasteiger charge is -2.31. The van der Waals surface area contributed by atoms with Crippen LogP contribution in [-0.4, -0.2) is 47.9 Å². The smallest absolute Gasteiger partial charge is 0.306 e. The highest BCUT2D eigenvalue weighted by molar-refractivity contribution is 7.10. The average molecular weight is 506 g/mol. The van der Waals surface area contributed by atoms with Gasteiger partial charge in [-0.15, -0.1) is 11.3 Å². The van der Waals surface area contributed by atoms with E-state index >= 15 is 0 Å². The molecule has 7 nitrogen and oxygen atoms in total. The predicted molar refractivity (Wildman–Crippen MR) is 141 cm³/mol. The fourth-order valence-electron chi connectivity index (χ4n) is 4.37. The summed E-state index contributed by atoms with van der Waals surface area (Å²) in [5, 5.41) is 5.76. The summed E-state index contributed by atoms with van der Waals surface area (Å²) in [7, 11) is 1.32. The maximum atomic E-state index is 13.0. The van der Waals surface area contributed by atoms with Crippen molar-refractivity contribution in [1.29, 1.82) is 0 Å². The van der Waals surface area contributed by atoms with Crippen molar-refractivity contribution in [3.8, 4) is 11.1 Å². The number of nitrogens with zero attached hydrogens (tertiary/aromatic N) is 2. The molecule has 1 N–H and O–H groups in total. The second-order valence-corrected chi connectivity index (χ2v) is 9.74. The number of piperidine rings is 1. The van der Waals surface area contributed by atoms with E-state index in [1.807, 2.05) is 24.3 Å². The molecule has 2 amide bonds. The van der Waals surface area contributed by atoms with Crippen LogP contribution in [0.2, 0.25) is 0 Å². The summed E-state index contributed by atoms with van der Waals surface area (Å²) in [5.74, 6) is -0.416. The van der Waals surface area contributed by atoms with Gasteiger partial charge < -0.3 is 15.0 Å². The Morgan fingerprint density at radius 3 is 2.47 bits per heavy atom. The number of anilines is 1.